The third-order valence-corrected chi connectivity index (χ3v) is 2.68. The molecule has 3 N–H and O–H groups in total. The Labute approximate surface area is 102 Å². The van der Waals surface area contributed by atoms with E-state index in [1.165, 1.54) is 30.3 Å². The first kappa shape index (κ1) is 12.6. The van der Waals surface area contributed by atoms with Gasteiger partial charge in [-0.05, 0) is 12.1 Å². The predicted octanol–water partition coefficient (Wildman–Crippen LogP) is 2.66. The fourth-order valence-corrected chi connectivity index (χ4v) is 1.80. The van der Waals surface area contributed by atoms with Crippen molar-refractivity contribution in [3.05, 3.63) is 71.0 Å². The lowest BCUT2D eigenvalue weighted by Gasteiger charge is -2.18. The molecular weight excluding hydrogens is 241 g/mol. The Kier molecular flexibility index (Phi) is 3.64. The Balaban J connectivity index is 2.53. The highest BCUT2D eigenvalue weighted by Crippen LogP contribution is 2.26. The summed E-state index contributed by atoms with van der Waals surface area (Å²) >= 11 is 0. The normalized spacial score (nSPS) is 12.4. The van der Waals surface area contributed by atoms with Gasteiger partial charge < -0.3 is 0 Å². The Hall–Kier alpha value is -1.85. The van der Waals surface area contributed by atoms with E-state index in [0.717, 1.165) is 6.07 Å². The molecule has 18 heavy (non-hydrogen) atoms. The van der Waals surface area contributed by atoms with Gasteiger partial charge >= 0.3 is 0 Å². The Morgan fingerprint density at radius 3 is 2.11 bits per heavy atom. The first-order valence-electron chi connectivity index (χ1n) is 5.29. The first-order valence-corrected chi connectivity index (χ1v) is 5.29. The molecular formula is C13H11F3N2. The van der Waals surface area contributed by atoms with Crippen LogP contribution in [0.1, 0.15) is 17.2 Å². The van der Waals surface area contributed by atoms with Crippen LogP contribution in [0.25, 0.3) is 0 Å². The van der Waals surface area contributed by atoms with Crippen LogP contribution in [0.4, 0.5) is 13.2 Å². The van der Waals surface area contributed by atoms with Crippen molar-refractivity contribution in [1.82, 2.24) is 5.43 Å². The highest BCUT2D eigenvalue weighted by atomic mass is 19.2. The summed E-state index contributed by atoms with van der Waals surface area (Å²) in [6, 6.07) is 8.55. The van der Waals surface area contributed by atoms with E-state index in [0.29, 0.717) is 0 Å². The largest absolute Gasteiger partial charge is 0.271 e. The monoisotopic (exact) mass is 252 g/mol. The van der Waals surface area contributed by atoms with Gasteiger partial charge in [0, 0.05) is 11.1 Å². The smallest absolute Gasteiger partial charge is 0.163 e. The fourth-order valence-electron chi connectivity index (χ4n) is 1.80. The minimum absolute atomic E-state index is 0.0393. The molecule has 2 aromatic rings. The molecule has 0 saturated heterocycles. The third kappa shape index (κ3) is 2.23. The number of halogens is 3. The topological polar surface area (TPSA) is 38.0 Å². The van der Waals surface area contributed by atoms with Crippen molar-refractivity contribution in [2.24, 2.45) is 5.84 Å². The summed E-state index contributed by atoms with van der Waals surface area (Å²) in [5.41, 5.74) is 2.41. The molecule has 0 aliphatic heterocycles. The maximum absolute atomic E-state index is 13.7. The van der Waals surface area contributed by atoms with Crippen molar-refractivity contribution in [3.63, 3.8) is 0 Å². The van der Waals surface area contributed by atoms with Crippen LogP contribution in [-0.4, -0.2) is 0 Å². The van der Waals surface area contributed by atoms with Crippen LogP contribution in [0, 0.1) is 17.5 Å². The first-order chi connectivity index (χ1) is 8.65. The van der Waals surface area contributed by atoms with Crippen LogP contribution >= 0.6 is 0 Å². The van der Waals surface area contributed by atoms with Crippen molar-refractivity contribution in [1.29, 1.82) is 0 Å². The molecule has 2 rings (SSSR count). The molecule has 0 spiro atoms. The quantitative estimate of drug-likeness (QED) is 0.651. The lowest BCUT2D eigenvalue weighted by atomic mass is 9.98. The number of benzene rings is 2. The van der Waals surface area contributed by atoms with E-state index in [4.69, 9.17) is 5.84 Å². The molecule has 5 heteroatoms. The average Bonchev–Trinajstić information content (AvgIpc) is 2.37. The van der Waals surface area contributed by atoms with Gasteiger partial charge in [0.1, 0.15) is 5.82 Å². The Bertz CT molecular complexity index is 558. The van der Waals surface area contributed by atoms with Crippen LogP contribution in [-0.2, 0) is 0 Å². The van der Waals surface area contributed by atoms with E-state index >= 15 is 0 Å². The number of rotatable bonds is 3. The Morgan fingerprint density at radius 2 is 1.44 bits per heavy atom. The van der Waals surface area contributed by atoms with Gasteiger partial charge in [-0.3, -0.25) is 5.84 Å². The maximum Gasteiger partial charge on any atom is 0.163 e. The summed E-state index contributed by atoms with van der Waals surface area (Å²) in [5, 5.41) is 0. The van der Waals surface area contributed by atoms with Crippen LogP contribution in [0.5, 0.6) is 0 Å². The van der Waals surface area contributed by atoms with Crippen molar-refractivity contribution in [2.45, 2.75) is 6.04 Å². The molecule has 0 radical (unpaired) electrons. The van der Waals surface area contributed by atoms with Gasteiger partial charge in [-0.15, -0.1) is 0 Å². The molecule has 2 nitrogen and oxygen atoms in total. The van der Waals surface area contributed by atoms with Crippen LogP contribution < -0.4 is 11.3 Å². The molecule has 2 aromatic carbocycles. The molecule has 1 atom stereocenters. The van der Waals surface area contributed by atoms with Gasteiger partial charge in [0.25, 0.3) is 0 Å². The summed E-state index contributed by atoms with van der Waals surface area (Å²) < 4.78 is 40.5. The summed E-state index contributed by atoms with van der Waals surface area (Å²) in [6.45, 7) is 0. The number of hydrogen-bond donors (Lipinski definition) is 2. The van der Waals surface area contributed by atoms with E-state index in [2.05, 4.69) is 5.43 Å². The molecule has 0 heterocycles. The zero-order valence-electron chi connectivity index (χ0n) is 9.33. The second-order valence-electron chi connectivity index (χ2n) is 3.76. The van der Waals surface area contributed by atoms with E-state index in [9.17, 15) is 13.2 Å². The van der Waals surface area contributed by atoms with Crippen molar-refractivity contribution in [3.8, 4) is 0 Å². The molecule has 0 bridgehead atoms. The minimum atomic E-state index is -1.04. The zero-order valence-corrected chi connectivity index (χ0v) is 9.33. The van der Waals surface area contributed by atoms with Gasteiger partial charge in [-0.1, -0.05) is 30.3 Å². The van der Waals surface area contributed by atoms with Gasteiger partial charge in [-0.2, -0.15) is 0 Å². The lowest BCUT2D eigenvalue weighted by molar-refractivity contribution is 0.477. The molecule has 0 aromatic heterocycles. The summed E-state index contributed by atoms with van der Waals surface area (Å²) in [6.07, 6.45) is 0. The zero-order chi connectivity index (χ0) is 13.1. The van der Waals surface area contributed by atoms with Gasteiger partial charge in [0.05, 0.1) is 6.04 Å². The van der Waals surface area contributed by atoms with Crippen molar-refractivity contribution in [2.75, 3.05) is 0 Å². The Morgan fingerprint density at radius 1 is 0.833 bits per heavy atom. The number of nitrogens with one attached hydrogen (secondary N) is 1. The van der Waals surface area contributed by atoms with Crippen molar-refractivity contribution < 1.29 is 13.2 Å². The predicted molar refractivity (Wildman–Crippen MR) is 61.9 cm³/mol. The van der Waals surface area contributed by atoms with E-state index in [1.807, 2.05) is 0 Å². The van der Waals surface area contributed by atoms with Crippen LogP contribution in [0.15, 0.2) is 42.5 Å². The molecule has 0 fully saturated rings. The van der Waals surface area contributed by atoms with Gasteiger partial charge in [-0.25, -0.2) is 18.6 Å². The van der Waals surface area contributed by atoms with Gasteiger partial charge in [0.15, 0.2) is 11.6 Å². The second-order valence-corrected chi connectivity index (χ2v) is 3.76. The number of hydrogen-bond acceptors (Lipinski definition) is 2. The highest BCUT2D eigenvalue weighted by Gasteiger charge is 2.21. The SMILES string of the molecule is NNC(c1ccccc1F)c1cccc(F)c1F. The average molecular weight is 252 g/mol. The molecule has 1 unspecified atom stereocenters. The van der Waals surface area contributed by atoms with E-state index in [-0.39, 0.29) is 11.1 Å². The summed E-state index contributed by atoms with van der Waals surface area (Å²) in [4.78, 5) is 0. The summed E-state index contributed by atoms with van der Waals surface area (Å²) in [5.74, 6) is 2.75. The van der Waals surface area contributed by atoms with Crippen LogP contribution in [0.3, 0.4) is 0 Å². The fraction of sp³-hybridized carbons (Fsp3) is 0.0769. The molecule has 0 aliphatic carbocycles. The molecule has 0 amide bonds. The highest BCUT2D eigenvalue weighted by molar-refractivity contribution is 5.33. The molecule has 0 saturated carbocycles. The standard InChI is InChI=1S/C13H11F3N2/c14-10-6-2-1-4-8(10)13(18-17)9-5-3-7-11(15)12(9)16/h1-7,13,18H,17H2. The van der Waals surface area contributed by atoms with Crippen molar-refractivity contribution >= 4 is 0 Å². The molecule has 94 valence electrons. The third-order valence-electron chi connectivity index (χ3n) is 2.68. The van der Waals surface area contributed by atoms with Crippen LogP contribution in [0.2, 0.25) is 0 Å². The lowest BCUT2D eigenvalue weighted by Crippen LogP contribution is -2.30. The van der Waals surface area contributed by atoms with Gasteiger partial charge in [0.2, 0.25) is 0 Å². The number of hydrazine groups is 1. The molecule has 0 aliphatic rings. The summed E-state index contributed by atoms with van der Waals surface area (Å²) in [7, 11) is 0. The van der Waals surface area contributed by atoms with E-state index < -0.39 is 23.5 Å². The number of nitrogens with two attached hydrogens (primary N) is 1. The second kappa shape index (κ2) is 5.20. The maximum atomic E-state index is 13.7. The van der Waals surface area contributed by atoms with E-state index in [1.54, 1.807) is 6.07 Å². The minimum Gasteiger partial charge on any atom is -0.271 e.